The lowest BCUT2D eigenvalue weighted by molar-refractivity contribution is 0.0698. The minimum atomic E-state index is -1.07. The first-order valence-corrected chi connectivity index (χ1v) is 5.97. The second-order valence-corrected chi connectivity index (χ2v) is 4.40. The number of anilines is 2. The van der Waals surface area contributed by atoms with Gasteiger partial charge in [-0.15, -0.1) is 0 Å². The Morgan fingerprint density at radius 1 is 0.857 bits per heavy atom. The van der Waals surface area contributed by atoms with E-state index in [4.69, 9.17) is 23.4 Å². The van der Waals surface area contributed by atoms with Crippen LogP contribution in [-0.4, -0.2) is 11.1 Å². The van der Waals surface area contributed by atoms with Crippen molar-refractivity contribution in [3.05, 3.63) is 48.0 Å². The Morgan fingerprint density at radius 3 is 1.86 bits per heavy atom. The molecule has 2 aromatic rings. The van der Waals surface area contributed by atoms with E-state index in [1.807, 2.05) is 0 Å². The number of benzene rings is 2. The van der Waals surface area contributed by atoms with Gasteiger partial charge in [-0.25, -0.2) is 38.4 Å². The normalized spacial score (nSPS) is 10.3. The Balaban J connectivity index is 2.50. The van der Waals surface area contributed by atoms with E-state index in [2.05, 4.69) is 0 Å². The van der Waals surface area contributed by atoms with Gasteiger partial charge in [0, 0.05) is 0 Å². The Labute approximate surface area is 121 Å². The van der Waals surface area contributed by atoms with Crippen molar-refractivity contribution in [1.82, 2.24) is 0 Å². The summed E-state index contributed by atoms with van der Waals surface area (Å²) in [7, 11) is 0. The molecule has 0 aliphatic carbocycles. The Kier molecular flexibility index (Phi) is 4.05. The van der Waals surface area contributed by atoms with E-state index in [0.717, 1.165) is 10.2 Å². The van der Waals surface area contributed by atoms with E-state index < -0.39 is 5.97 Å². The first-order chi connectivity index (χ1) is 9.90. The van der Waals surface area contributed by atoms with Crippen LogP contribution in [0.5, 0.6) is 0 Å². The van der Waals surface area contributed by atoms with Crippen LogP contribution >= 0.6 is 0 Å². The minimum Gasteiger partial charge on any atom is -0.478 e. The second-order valence-electron chi connectivity index (χ2n) is 4.40. The van der Waals surface area contributed by atoms with Gasteiger partial charge in [-0.3, -0.25) is 0 Å². The number of carboxylic acid groups (broad SMARTS) is 1. The highest BCUT2D eigenvalue weighted by atomic mass is 16.4. The van der Waals surface area contributed by atoms with Crippen molar-refractivity contribution in [1.29, 1.82) is 0 Å². The van der Waals surface area contributed by atoms with Crippen LogP contribution < -0.4 is 33.6 Å². The van der Waals surface area contributed by atoms with Crippen molar-refractivity contribution in [2.24, 2.45) is 23.4 Å². The smallest absolute Gasteiger partial charge is 0.336 e. The summed E-state index contributed by atoms with van der Waals surface area (Å²) in [4.78, 5) is 11.4. The summed E-state index contributed by atoms with van der Waals surface area (Å²) in [6, 6.07) is 11.5. The highest BCUT2D eigenvalue weighted by Crippen LogP contribution is 2.28. The molecule has 21 heavy (non-hydrogen) atoms. The Hall–Kier alpha value is -2.65. The van der Waals surface area contributed by atoms with Gasteiger partial charge in [0.15, 0.2) is 0 Å². The highest BCUT2D eigenvalue weighted by molar-refractivity contribution is 5.97. The topological polar surface area (TPSA) is 148 Å². The molecule has 0 aliphatic rings. The maximum Gasteiger partial charge on any atom is 0.336 e. The van der Waals surface area contributed by atoms with Gasteiger partial charge in [-0.1, -0.05) is 18.2 Å². The molecule has 0 bridgehead atoms. The lowest BCUT2D eigenvalue weighted by atomic mass is 9.99. The highest BCUT2D eigenvalue weighted by Gasteiger charge is 2.14. The lowest BCUT2D eigenvalue weighted by Crippen LogP contribution is -2.38. The van der Waals surface area contributed by atoms with Gasteiger partial charge in [-0.05, 0) is 35.4 Å². The average molecular weight is 288 g/mol. The quantitative estimate of drug-likeness (QED) is 0.394. The molecule has 0 saturated heterocycles. The fourth-order valence-corrected chi connectivity index (χ4v) is 1.93. The van der Waals surface area contributed by atoms with Crippen LogP contribution in [0, 0.1) is 0 Å². The molecule has 2 aromatic carbocycles. The van der Waals surface area contributed by atoms with Crippen molar-refractivity contribution in [2.75, 3.05) is 10.2 Å². The third-order valence-electron chi connectivity index (χ3n) is 3.01. The van der Waals surface area contributed by atoms with Crippen LogP contribution in [0.25, 0.3) is 11.1 Å². The Bertz CT molecular complexity index is 654. The molecule has 0 radical (unpaired) electrons. The summed E-state index contributed by atoms with van der Waals surface area (Å²) < 4.78 is 0. The molecule has 0 aromatic heterocycles. The van der Waals surface area contributed by atoms with Crippen LogP contribution in [0.4, 0.5) is 11.4 Å². The van der Waals surface area contributed by atoms with Gasteiger partial charge < -0.3 is 5.11 Å². The summed E-state index contributed by atoms with van der Waals surface area (Å²) in [6.07, 6.45) is 0. The fraction of sp³-hybridized carbons (Fsp3) is 0. The molecule has 0 atom stereocenters. The van der Waals surface area contributed by atoms with Gasteiger partial charge in [0.1, 0.15) is 0 Å². The van der Waals surface area contributed by atoms with E-state index in [-0.39, 0.29) is 5.56 Å². The minimum absolute atomic E-state index is 0.0958. The standard InChI is InChI=1S/C13H16N6O2/c14-18(15)9-3-1-8(2-4-9)11-6-5-10(19(16)17)7-12(11)13(20)21/h1-7H,14-17H2,(H,20,21). The zero-order chi connectivity index (χ0) is 15.6. The number of aromatic carboxylic acids is 1. The van der Waals surface area contributed by atoms with Crippen LogP contribution in [0.15, 0.2) is 42.5 Å². The molecule has 9 N–H and O–H groups in total. The van der Waals surface area contributed by atoms with Gasteiger partial charge in [-0.2, -0.15) is 0 Å². The van der Waals surface area contributed by atoms with Crippen molar-refractivity contribution in [2.45, 2.75) is 0 Å². The molecule has 0 amide bonds. The molecule has 8 heteroatoms. The molecule has 8 nitrogen and oxygen atoms in total. The lowest BCUT2D eigenvalue weighted by Gasteiger charge is -2.15. The molecule has 0 unspecified atom stereocenters. The predicted molar refractivity (Wildman–Crippen MR) is 80.5 cm³/mol. The summed E-state index contributed by atoms with van der Waals surface area (Å²) in [5.74, 6) is 20.6. The largest absolute Gasteiger partial charge is 0.478 e. The maximum absolute atomic E-state index is 11.4. The summed E-state index contributed by atoms with van der Waals surface area (Å²) in [5, 5.41) is 11.2. The van der Waals surface area contributed by atoms with E-state index in [0.29, 0.717) is 22.5 Å². The number of nitrogens with two attached hydrogens (primary N) is 4. The monoisotopic (exact) mass is 288 g/mol. The SMILES string of the molecule is NN(N)c1ccc(-c2ccc(N(N)N)cc2C(=O)O)cc1. The molecule has 0 aliphatic heterocycles. The number of hydrazine groups is 4. The van der Waals surface area contributed by atoms with E-state index >= 15 is 0 Å². The van der Waals surface area contributed by atoms with Crippen molar-refractivity contribution in [3.63, 3.8) is 0 Å². The maximum atomic E-state index is 11.4. The molecule has 0 heterocycles. The second kappa shape index (κ2) is 5.77. The van der Waals surface area contributed by atoms with E-state index in [9.17, 15) is 9.90 Å². The van der Waals surface area contributed by atoms with Crippen molar-refractivity contribution >= 4 is 17.3 Å². The van der Waals surface area contributed by atoms with Crippen molar-refractivity contribution < 1.29 is 9.90 Å². The van der Waals surface area contributed by atoms with Crippen LogP contribution in [0.3, 0.4) is 0 Å². The summed E-state index contributed by atoms with van der Waals surface area (Å²) >= 11 is 0. The Morgan fingerprint density at radius 2 is 1.38 bits per heavy atom. The molecule has 2 rings (SSSR count). The van der Waals surface area contributed by atoms with E-state index in [1.54, 1.807) is 36.4 Å². The zero-order valence-corrected chi connectivity index (χ0v) is 11.1. The average Bonchev–Trinajstić information content (AvgIpc) is 2.46. The first kappa shape index (κ1) is 14.8. The third kappa shape index (κ3) is 3.09. The number of nitrogens with zero attached hydrogens (tertiary/aromatic N) is 2. The number of carboxylic acids is 1. The third-order valence-corrected chi connectivity index (χ3v) is 3.01. The predicted octanol–water partition coefficient (Wildman–Crippen LogP) is 0.159. The van der Waals surface area contributed by atoms with Gasteiger partial charge >= 0.3 is 5.97 Å². The number of hydrogen-bond donors (Lipinski definition) is 5. The van der Waals surface area contributed by atoms with Gasteiger partial charge in [0.05, 0.1) is 16.9 Å². The van der Waals surface area contributed by atoms with Gasteiger partial charge in [0.25, 0.3) is 0 Å². The fourth-order valence-electron chi connectivity index (χ4n) is 1.93. The summed E-state index contributed by atoms with van der Waals surface area (Å²) in [6.45, 7) is 0. The molecule has 0 spiro atoms. The molecule has 0 saturated carbocycles. The first-order valence-electron chi connectivity index (χ1n) is 5.97. The molecule has 110 valence electrons. The number of hydrogen-bond acceptors (Lipinski definition) is 7. The van der Waals surface area contributed by atoms with E-state index in [1.165, 1.54) is 6.07 Å². The van der Waals surface area contributed by atoms with Crippen LogP contribution in [-0.2, 0) is 0 Å². The summed E-state index contributed by atoms with van der Waals surface area (Å²) in [5.41, 5.74) is 2.34. The zero-order valence-electron chi connectivity index (χ0n) is 11.1. The molecule has 0 fully saturated rings. The van der Waals surface area contributed by atoms with Crippen LogP contribution in [0.1, 0.15) is 10.4 Å². The molecular formula is C13H16N6O2. The van der Waals surface area contributed by atoms with Gasteiger partial charge in [0.2, 0.25) is 0 Å². The van der Waals surface area contributed by atoms with Crippen molar-refractivity contribution in [3.8, 4) is 11.1 Å². The number of rotatable bonds is 4. The van der Waals surface area contributed by atoms with Crippen LogP contribution in [0.2, 0.25) is 0 Å². The number of carbonyl (C=O) groups is 1. The molecular weight excluding hydrogens is 272 g/mol.